The molecule has 4 aromatic rings. The topological polar surface area (TPSA) is 71.0 Å². The zero-order valence-corrected chi connectivity index (χ0v) is 16.3. The number of aryl methyl sites for hydroxylation is 1. The average Bonchev–Trinajstić information content (AvgIpc) is 3.12. The fourth-order valence-electron chi connectivity index (χ4n) is 2.83. The number of nitriles is 1. The van der Waals surface area contributed by atoms with E-state index in [9.17, 15) is 4.79 Å². The SMILES string of the molecule is Cc1nc2scc(-c3ccc(Cl)cc3)c2c(=O)n1/N=C/c1ccc(C#N)cc1. The van der Waals surface area contributed by atoms with Gasteiger partial charge in [0.1, 0.15) is 10.7 Å². The van der Waals surface area contributed by atoms with Crippen molar-refractivity contribution in [3.8, 4) is 17.2 Å². The van der Waals surface area contributed by atoms with Gasteiger partial charge in [-0.05, 0) is 42.3 Å². The Kier molecular flexibility index (Phi) is 4.78. The minimum atomic E-state index is -0.224. The van der Waals surface area contributed by atoms with Crippen LogP contribution < -0.4 is 5.56 Å². The highest BCUT2D eigenvalue weighted by molar-refractivity contribution is 7.17. The maximum atomic E-state index is 13.1. The van der Waals surface area contributed by atoms with E-state index in [0.29, 0.717) is 26.6 Å². The molecule has 0 aliphatic rings. The van der Waals surface area contributed by atoms with Gasteiger partial charge in [-0.2, -0.15) is 15.0 Å². The fourth-order valence-corrected chi connectivity index (χ4v) is 3.94. The van der Waals surface area contributed by atoms with Crippen molar-refractivity contribution in [2.45, 2.75) is 6.92 Å². The van der Waals surface area contributed by atoms with Gasteiger partial charge in [0, 0.05) is 16.0 Å². The maximum Gasteiger partial charge on any atom is 0.283 e. The number of thiophene rings is 1. The van der Waals surface area contributed by atoms with Gasteiger partial charge in [0.15, 0.2) is 0 Å². The van der Waals surface area contributed by atoms with Gasteiger partial charge < -0.3 is 0 Å². The molecule has 0 spiro atoms. The summed E-state index contributed by atoms with van der Waals surface area (Å²) in [7, 11) is 0. The fraction of sp³-hybridized carbons (Fsp3) is 0.0476. The highest BCUT2D eigenvalue weighted by atomic mass is 35.5. The Morgan fingerprint density at radius 2 is 1.89 bits per heavy atom. The van der Waals surface area contributed by atoms with Crippen molar-refractivity contribution in [1.29, 1.82) is 5.26 Å². The number of benzene rings is 2. The van der Waals surface area contributed by atoms with Crippen LogP contribution in [-0.2, 0) is 0 Å². The molecular weight excluding hydrogens is 392 g/mol. The van der Waals surface area contributed by atoms with Crippen LogP contribution in [0.1, 0.15) is 17.0 Å². The number of rotatable bonds is 3. The van der Waals surface area contributed by atoms with Gasteiger partial charge in [-0.3, -0.25) is 4.79 Å². The van der Waals surface area contributed by atoms with Crippen molar-refractivity contribution in [2.75, 3.05) is 0 Å². The molecule has 2 heterocycles. The van der Waals surface area contributed by atoms with Crippen LogP contribution in [0.15, 0.2) is 63.8 Å². The molecule has 7 heteroatoms. The second-order valence-electron chi connectivity index (χ2n) is 6.09. The molecule has 0 fully saturated rings. The predicted molar refractivity (Wildman–Crippen MR) is 113 cm³/mol. The number of hydrogen-bond acceptors (Lipinski definition) is 5. The number of halogens is 1. The molecule has 0 bridgehead atoms. The quantitative estimate of drug-likeness (QED) is 0.458. The molecule has 0 saturated carbocycles. The van der Waals surface area contributed by atoms with Crippen molar-refractivity contribution >= 4 is 39.4 Å². The van der Waals surface area contributed by atoms with E-state index in [4.69, 9.17) is 16.9 Å². The predicted octanol–water partition coefficient (Wildman–Crippen LogP) is 4.84. The van der Waals surface area contributed by atoms with Crippen molar-refractivity contribution < 1.29 is 0 Å². The summed E-state index contributed by atoms with van der Waals surface area (Å²) >= 11 is 7.40. The van der Waals surface area contributed by atoms with Gasteiger partial charge >= 0.3 is 0 Å². The lowest BCUT2D eigenvalue weighted by Gasteiger charge is -2.05. The zero-order chi connectivity index (χ0) is 19.7. The van der Waals surface area contributed by atoms with Gasteiger partial charge in [0.25, 0.3) is 5.56 Å². The zero-order valence-electron chi connectivity index (χ0n) is 14.8. The smallest absolute Gasteiger partial charge is 0.267 e. The molecule has 4 rings (SSSR count). The lowest BCUT2D eigenvalue weighted by atomic mass is 10.1. The molecule has 0 N–H and O–H groups in total. The summed E-state index contributed by atoms with van der Waals surface area (Å²) in [5, 5.41) is 16.3. The monoisotopic (exact) mass is 404 g/mol. The molecular formula is C21H13ClN4OS. The van der Waals surface area contributed by atoms with Gasteiger partial charge in [-0.15, -0.1) is 11.3 Å². The summed E-state index contributed by atoms with van der Waals surface area (Å²) in [5.74, 6) is 0.506. The van der Waals surface area contributed by atoms with Crippen LogP contribution in [-0.4, -0.2) is 15.9 Å². The minimum absolute atomic E-state index is 0.224. The number of aromatic nitrogens is 2. The van der Waals surface area contributed by atoms with E-state index in [-0.39, 0.29) is 5.56 Å². The van der Waals surface area contributed by atoms with Gasteiger partial charge in [-0.1, -0.05) is 35.9 Å². The highest BCUT2D eigenvalue weighted by Crippen LogP contribution is 2.31. The number of nitrogens with zero attached hydrogens (tertiary/aromatic N) is 4. The molecule has 28 heavy (non-hydrogen) atoms. The molecule has 0 aliphatic heterocycles. The Morgan fingerprint density at radius 1 is 1.18 bits per heavy atom. The van der Waals surface area contributed by atoms with E-state index in [1.165, 1.54) is 16.0 Å². The van der Waals surface area contributed by atoms with E-state index in [1.54, 1.807) is 49.5 Å². The number of hydrogen-bond donors (Lipinski definition) is 0. The van der Waals surface area contributed by atoms with E-state index >= 15 is 0 Å². The van der Waals surface area contributed by atoms with Crippen LogP contribution in [0.4, 0.5) is 0 Å². The molecule has 136 valence electrons. The van der Waals surface area contributed by atoms with Crippen LogP contribution in [0, 0.1) is 18.3 Å². The van der Waals surface area contributed by atoms with Gasteiger partial charge in [-0.25, -0.2) is 4.98 Å². The van der Waals surface area contributed by atoms with Crippen molar-refractivity contribution in [3.63, 3.8) is 0 Å². The summed E-state index contributed by atoms with van der Waals surface area (Å²) in [6.07, 6.45) is 1.58. The van der Waals surface area contributed by atoms with Crippen molar-refractivity contribution in [1.82, 2.24) is 9.66 Å². The molecule has 5 nitrogen and oxygen atoms in total. The Bertz CT molecular complexity index is 1300. The summed E-state index contributed by atoms with van der Waals surface area (Å²) in [4.78, 5) is 18.4. The molecule has 0 atom stereocenters. The van der Waals surface area contributed by atoms with Gasteiger partial charge in [0.2, 0.25) is 0 Å². The maximum absolute atomic E-state index is 13.1. The van der Waals surface area contributed by atoms with Crippen LogP contribution in [0.3, 0.4) is 0 Å². The van der Waals surface area contributed by atoms with Crippen LogP contribution >= 0.6 is 22.9 Å². The average molecular weight is 405 g/mol. The molecule has 0 amide bonds. The Labute approximate surface area is 169 Å². The van der Waals surface area contributed by atoms with E-state index < -0.39 is 0 Å². The molecule has 0 aliphatic carbocycles. The summed E-state index contributed by atoms with van der Waals surface area (Å²) < 4.78 is 1.30. The first-order valence-electron chi connectivity index (χ1n) is 8.38. The second kappa shape index (κ2) is 7.39. The molecule has 2 aromatic carbocycles. The minimum Gasteiger partial charge on any atom is -0.267 e. The van der Waals surface area contributed by atoms with Crippen LogP contribution in [0.25, 0.3) is 21.3 Å². The van der Waals surface area contributed by atoms with Crippen LogP contribution in [0.2, 0.25) is 5.02 Å². The standard InChI is InChI=1S/C21H13ClN4OS/c1-13-25-20-19(18(12-28-20)16-6-8-17(22)9-7-16)21(27)26(13)24-11-15-4-2-14(10-23)3-5-15/h2-9,11-12H,1H3/b24-11+. The molecule has 0 radical (unpaired) electrons. The first kappa shape index (κ1) is 18.1. The largest absolute Gasteiger partial charge is 0.283 e. The summed E-state index contributed by atoms with van der Waals surface area (Å²) in [6, 6.07) is 16.4. The first-order valence-corrected chi connectivity index (χ1v) is 9.64. The summed E-state index contributed by atoms with van der Waals surface area (Å²) in [5.41, 5.74) is 2.85. The van der Waals surface area contributed by atoms with Gasteiger partial charge in [0.05, 0.1) is 23.2 Å². The molecule has 0 unspecified atom stereocenters. The van der Waals surface area contributed by atoms with Crippen LogP contribution in [0.5, 0.6) is 0 Å². The third-order valence-corrected chi connectivity index (χ3v) is 5.39. The Balaban J connectivity index is 1.81. The summed E-state index contributed by atoms with van der Waals surface area (Å²) in [6.45, 7) is 1.75. The molecule has 2 aromatic heterocycles. The van der Waals surface area contributed by atoms with E-state index in [2.05, 4.69) is 16.2 Å². The second-order valence-corrected chi connectivity index (χ2v) is 7.39. The lowest BCUT2D eigenvalue weighted by molar-refractivity contribution is 0.772. The first-order chi connectivity index (χ1) is 13.6. The van der Waals surface area contributed by atoms with E-state index in [1.807, 2.05) is 17.5 Å². The third kappa shape index (κ3) is 3.33. The van der Waals surface area contributed by atoms with Crippen molar-refractivity contribution in [3.05, 3.63) is 86.2 Å². The number of fused-ring (bicyclic) bond motifs is 1. The normalized spacial score (nSPS) is 11.2. The lowest BCUT2D eigenvalue weighted by Crippen LogP contribution is -2.20. The third-order valence-electron chi connectivity index (χ3n) is 4.27. The Hall–Kier alpha value is -3.27. The van der Waals surface area contributed by atoms with Crippen molar-refractivity contribution in [2.24, 2.45) is 5.10 Å². The Morgan fingerprint density at radius 3 is 2.57 bits per heavy atom. The van der Waals surface area contributed by atoms with E-state index in [0.717, 1.165) is 16.7 Å². The highest BCUT2D eigenvalue weighted by Gasteiger charge is 2.15. The molecule has 0 saturated heterocycles.